The Kier molecular flexibility index (Phi) is 4.36. The summed E-state index contributed by atoms with van der Waals surface area (Å²) >= 11 is 2.15. The van der Waals surface area contributed by atoms with Crippen LogP contribution in [-0.2, 0) is 4.74 Å². The number of hydrogen-bond acceptors (Lipinski definition) is 3. The van der Waals surface area contributed by atoms with E-state index in [2.05, 4.69) is 22.6 Å². The molecule has 2 rings (SSSR count). The van der Waals surface area contributed by atoms with Crippen LogP contribution in [0.25, 0.3) is 0 Å². The van der Waals surface area contributed by atoms with Gasteiger partial charge in [0, 0.05) is 10.1 Å². The van der Waals surface area contributed by atoms with E-state index in [1.807, 2.05) is 24.3 Å². The van der Waals surface area contributed by atoms with E-state index in [0.717, 1.165) is 3.57 Å². The number of aliphatic hydroxyl groups is 1. The molecule has 1 aromatic carbocycles. The zero-order valence-corrected chi connectivity index (χ0v) is 11.5. The molecule has 1 aromatic rings. The lowest BCUT2D eigenvalue weighted by Gasteiger charge is -2.34. The second-order valence-corrected chi connectivity index (χ2v) is 5.05. The van der Waals surface area contributed by atoms with Gasteiger partial charge in [-0.15, -0.1) is 0 Å². The maximum Gasteiger partial charge on any atom is 0.255 e. The zero-order chi connectivity index (χ0) is 12.3. The molecule has 1 atom stereocenters. The molecule has 1 unspecified atom stereocenters. The molecule has 1 N–H and O–H groups in total. The first-order chi connectivity index (χ1) is 8.24. The van der Waals surface area contributed by atoms with E-state index < -0.39 is 0 Å². The highest BCUT2D eigenvalue weighted by Gasteiger charge is 2.28. The van der Waals surface area contributed by atoms with Crippen molar-refractivity contribution in [2.75, 3.05) is 26.4 Å². The first-order valence-corrected chi connectivity index (χ1v) is 6.56. The Morgan fingerprint density at radius 2 is 2.29 bits per heavy atom. The average Bonchev–Trinajstić information content (AvgIpc) is 2.38. The molecule has 1 aliphatic heterocycles. The van der Waals surface area contributed by atoms with Gasteiger partial charge in [0.2, 0.25) is 0 Å². The third-order valence-corrected chi connectivity index (χ3v) is 3.74. The Morgan fingerprint density at radius 1 is 1.53 bits per heavy atom. The Labute approximate surface area is 114 Å². The monoisotopic (exact) mass is 347 g/mol. The Hall–Kier alpha value is -0.660. The summed E-state index contributed by atoms with van der Waals surface area (Å²) < 4.78 is 6.19. The highest BCUT2D eigenvalue weighted by atomic mass is 127. The van der Waals surface area contributed by atoms with E-state index in [1.165, 1.54) is 0 Å². The van der Waals surface area contributed by atoms with Crippen molar-refractivity contribution >= 4 is 28.5 Å². The lowest BCUT2D eigenvalue weighted by molar-refractivity contribution is -0.0184. The molecule has 0 spiro atoms. The van der Waals surface area contributed by atoms with Gasteiger partial charge in [-0.3, -0.25) is 4.79 Å². The van der Waals surface area contributed by atoms with Gasteiger partial charge in [0.15, 0.2) is 0 Å². The van der Waals surface area contributed by atoms with Crippen molar-refractivity contribution in [3.63, 3.8) is 0 Å². The summed E-state index contributed by atoms with van der Waals surface area (Å²) in [5, 5.41) is 9.25. The molecule has 17 heavy (non-hydrogen) atoms. The lowest BCUT2D eigenvalue weighted by Crippen LogP contribution is -2.50. The summed E-state index contributed by atoms with van der Waals surface area (Å²) in [5.41, 5.74) is 0.688. The van der Waals surface area contributed by atoms with Gasteiger partial charge in [-0.2, -0.15) is 0 Å². The van der Waals surface area contributed by atoms with Gasteiger partial charge >= 0.3 is 0 Å². The van der Waals surface area contributed by atoms with Crippen molar-refractivity contribution in [2.24, 2.45) is 0 Å². The minimum atomic E-state index is -0.229. The molecular weight excluding hydrogens is 333 g/mol. The quantitative estimate of drug-likeness (QED) is 0.816. The number of carbonyl (C=O) groups excluding carboxylic acids is 1. The van der Waals surface area contributed by atoms with E-state index in [-0.39, 0.29) is 18.6 Å². The number of ether oxygens (including phenoxy) is 1. The van der Waals surface area contributed by atoms with Crippen molar-refractivity contribution < 1.29 is 14.6 Å². The molecular formula is C12H14INO3. The summed E-state index contributed by atoms with van der Waals surface area (Å²) in [4.78, 5) is 14.0. The van der Waals surface area contributed by atoms with E-state index in [9.17, 15) is 9.90 Å². The highest BCUT2D eigenvalue weighted by molar-refractivity contribution is 14.1. The Balaban J connectivity index is 2.21. The first-order valence-electron chi connectivity index (χ1n) is 5.48. The smallest absolute Gasteiger partial charge is 0.255 e. The van der Waals surface area contributed by atoms with Crippen LogP contribution >= 0.6 is 22.6 Å². The molecule has 0 bridgehead atoms. The maximum atomic E-state index is 12.3. The van der Waals surface area contributed by atoms with Crippen LogP contribution in [0.1, 0.15) is 10.4 Å². The second kappa shape index (κ2) is 5.79. The second-order valence-electron chi connectivity index (χ2n) is 3.89. The number of aliphatic hydroxyl groups excluding tert-OH is 1. The van der Waals surface area contributed by atoms with Crippen LogP contribution in [0.15, 0.2) is 24.3 Å². The van der Waals surface area contributed by atoms with Crippen molar-refractivity contribution in [1.82, 2.24) is 4.90 Å². The molecule has 4 nitrogen and oxygen atoms in total. The molecule has 0 aromatic heterocycles. The highest BCUT2D eigenvalue weighted by Crippen LogP contribution is 2.17. The number of morpholine rings is 1. The summed E-state index contributed by atoms with van der Waals surface area (Å²) in [6.07, 6.45) is 0. The van der Waals surface area contributed by atoms with Crippen molar-refractivity contribution in [3.05, 3.63) is 33.4 Å². The topological polar surface area (TPSA) is 49.8 Å². The van der Waals surface area contributed by atoms with Crippen LogP contribution < -0.4 is 0 Å². The number of benzene rings is 1. The predicted molar refractivity (Wildman–Crippen MR) is 71.9 cm³/mol. The van der Waals surface area contributed by atoms with Gasteiger partial charge < -0.3 is 14.7 Å². The maximum absolute atomic E-state index is 12.3. The van der Waals surface area contributed by atoms with Crippen LogP contribution in [0.2, 0.25) is 0 Å². The van der Waals surface area contributed by atoms with Crippen molar-refractivity contribution in [3.8, 4) is 0 Å². The molecule has 1 amide bonds. The molecule has 92 valence electrons. The molecule has 5 heteroatoms. The van der Waals surface area contributed by atoms with Gasteiger partial charge in [0.1, 0.15) is 0 Å². The minimum Gasteiger partial charge on any atom is -0.394 e. The fraction of sp³-hybridized carbons (Fsp3) is 0.417. The van der Waals surface area contributed by atoms with Gasteiger partial charge in [0.25, 0.3) is 5.91 Å². The molecule has 1 fully saturated rings. The van der Waals surface area contributed by atoms with E-state index in [0.29, 0.717) is 25.3 Å². The normalized spacial score (nSPS) is 20.4. The Bertz CT molecular complexity index is 410. The molecule has 0 aliphatic carbocycles. The van der Waals surface area contributed by atoms with Crippen LogP contribution in [0.5, 0.6) is 0 Å². The van der Waals surface area contributed by atoms with Gasteiger partial charge in [0.05, 0.1) is 31.4 Å². The third kappa shape index (κ3) is 2.78. The number of hydrogen-bond donors (Lipinski definition) is 1. The van der Waals surface area contributed by atoms with Gasteiger partial charge in [-0.1, -0.05) is 12.1 Å². The van der Waals surface area contributed by atoms with E-state index in [1.54, 1.807) is 4.90 Å². The number of halogens is 1. The number of carbonyl (C=O) groups is 1. The van der Waals surface area contributed by atoms with Crippen LogP contribution in [0.4, 0.5) is 0 Å². The van der Waals surface area contributed by atoms with Crippen molar-refractivity contribution in [2.45, 2.75) is 6.04 Å². The number of nitrogens with zero attached hydrogens (tertiary/aromatic N) is 1. The van der Waals surface area contributed by atoms with Gasteiger partial charge in [-0.25, -0.2) is 0 Å². The fourth-order valence-corrected chi connectivity index (χ4v) is 2.48. The molecule has 1 heterocycles. The summed E-state index contributed by atoms with van der Waals surface area (Å²) in [5.74, 6) is -0.0302. The van der Waals surface area contributed by atoms with E-state index in [4.69, 9.17) is 4.74 Å². The third-order valence-electron chi connectivity index (χ3n) is 2.80. The zero-order valence-electron chi connectivity index (χ0n) is 9.30. The molecule has 0 saturated carbocycles. The fourth-order valence-electron chi connectivity index (χ4n) is 1.86. The summed E-state index contributed by atoms with van der Waals surface area (Å²) in [6, 6.07) is 7.24. The molecule has 1 aliphatic rings. The minimum absolute atomic E-state index is 0.0302. The molecule has 0 radical (unpaired) electrons. The predicted octanol–water partition coefficient (Wildman–Crippen LogP) is 1.12. The average molecular weight is 347 g/mol. The van der Waals surface area contributed by atoms with Crippen molar-refractivity contribution in [1.29, 1.82) is 0 Å². The standard InChI is InChI=1S/C12H14INO3/c13-11-4-2-1-3-10(11)12(16)14-5-6-17-8-9(14)7-15/h1-4,9,15H,5-8H2. The van der Waals surface area contributed by atoms with Gasteiger partial charge in [-0.05, 0) is 34.7 Å². The molecule has 1 saturated heterocycles. The largest absolute Gasteiger partial charge is 0.394 e. The first kappa shape index (κ1) is 12.8. The van der Waals surface area contributed by atoms with Crippen LogP contribution in [0, 0.1) is 3.57 Å². The number of rotatable bonds is 2. The number of amides is 1. The SMILES string of the molecule is O=C(c1ccccc1I)N1CCOCC1CO. The summed E-state index contributed by atoms with van der Waals surface area (Å²) in [7, 11) is 0. The van der Waals surface area contributed by atoms with Crippen LogP contribution in [0.3, 0.4) is 0 Å². The lowest BCUT2D eigenvalue weighted by atomic mass is 10.1. The Morgan fingerprint density at radius 3 is 3.00 bits per heavy atom. The van der Waals surface area contributed by atoms with Crippen LogP contribution in [-0.4, -0.2) is 48.3 Å². The van der Waals surface area contributed by atoms with E-state index >= 15 is 0 Å². The summed E-state index contributed by atoms with van der Waals surface area (Å²) in [6.45, 7) is 1.42.